The lowest BCUT2D eigenvalue weighted by Crippen LogP contribution is -1.66. The highest BCUT2D eigenvalue weighted by atomic mass is 35.5. The van der Waals surface area contributed by atoms with Gasteiger partial charge in [-0.2, -0.15) is 0 Å². The summed E-state index contributed by atoms with van der Waals surface area (Å²) in [5, 5.41) is 9.36. The number of benzene rings is 1. The third-order valence-corrected chi connectivity index (χ3v) is 1.34. The Hall–Kier alpha value is -0.340. The molecular weight excluding hydrogens is 156 g/mol. The van der Waals surface area contributed by atoms with Gasteiger partial charge in [-0.1, -0.05) is 11.6 Å². The first kappa shape index (κ1) is 6.78. The van der Waals surface area contributed by atoms with E-state index in [1.165, 1.54) is 12.1 Å². The Morgan fingerprint density at radius 3 is 2.44 bits per heavy atom. The minimum atomic E-state index is 0.146. The molecule has 0 radical (unpaired) electrons. The number of phenolic OH excluding ortho intramolecular Hbond substituents is 1. The molecule has 0 heterocycles. The van der Waals surface area contributed by atoms with Crippen molar-refractivity contribution >= 4 is 24.2 Å². The number of aromatic hydroxyl groups is 1. The van der Waals surface area contributed by atoms with E-state index in [0.29, 0.717) is 9.92 Å². The fourth-order valence-corrected chi connectivity index (χ4v) is 1.14. The Balaban J connectivity index is 3.17. The second kappa shape index (κ2) is 2.50. The first-order chi connectivity index (χ1) is 4.18. The largest absolute Gasteiger partial charge is 0.508 e. The van der Waals surface area contributed by atoms with Crippen LogP contribution in [-0.4, -0.2) is 5.11 Å². The van der Waals surface area contributed by atoms with Gasteiger partial charge in [-0.25, -0.2) is 0 Å². The fourth-order valence-electron chi connectivity index (χ4n) is 0.559. The zero-order valence-electron chi connectivity index (χ0n) is 4.50. The van der Waals surface area contributed by atoms with E-state index in [2.05, 4.69) is 12.6 Å². The zero-order chi connectivity index (χ0) is 6.85. The molecule has 0 unspecified atom stereocenters. The number of hydrogen-bond donors (Lipinski definition) is 2. The highest BCUT2D eigenvalue weighted by Gasteiger charge is 1.92. The third kappa shape index (κ3) is 1.80. The Labute approximate surface area is 63.7 Å². The Morgan fingerprint density at radius 2 is 2.00 bits per heavy atom. The predicted octanol–water partition coefficient (Wildman–Crippen LogP) is 2.33. The average Bonchev–Trinajstić information content (AvgIpc) is 1.59. The summed E-state index contributed by atoms with van der Waals surface area (Å²) in [5.41, 5.74) is 0. The summed E-state index contributed by atoms with van der Waals surface area (Å²) in [6.07, 6.45) is 0. The van der Waals surface area contributed by atoms with Crippen molar-refractivity contribution in [2.75, 3.05) is 0 Å². The van der Waals surface area contributed by atoms with E-state index in [-0.39, 0.29) is 5.75 Å². The summed E-state index contributed by atoms with van der Waals surface area (Å²) in [4.78, 5) is 0.667. The molecule has 0 atom stereocenters. The summed E-state index contributed by atoms with van der Waals surface area (Å²) >= 11 is 9.52. The van der Waals surface area contributed by atoms with Gasteiger partial charge in [0, 0.05) is 9.92 Å². The summed E-state index contributed by atoms with van der Waals surface area (Å²) < 4.78 is 0. The van der Waals surface area contributed by atoms with Crippen molar-refractivity contribution in [3.8, 4) is 5.75 Å². The van der Waals surface area contributed by atoms with Crippen molar-refractivity contribution in [1.82, 2.24) is 0 Å². The van der Waals surface area contributed by atoms with Crippen LogP contribution < -0.4 is 0 Å². The topological polar surface area (TPSA) is 20.2 Å². The molecule has 0 aliphatic heterocycles. The van der Waals surface area contributed by atoms with Gasteiger partial charge >= 0.3 is 0 Å². The van der Waals surface area contributed by atoms with Gasteiger partial charge in [-0.05, 0) is 18.2 Å². The van der Waals surface area contributed by atoms with Gasteiger partial charge in [0.25, 0.3) is 0 Å². The highest BCUT2D eigenvalue weighted by molar-refractivity contribution is 7.80. The molecule has 1 N–H and O–H groups in total. The molecule has 0 saturated carbocycles. The van der Waals surface area contributed by atoms with Crippen LogP contribution in [0.25, 0.3) is 0 Å². The van der Waals surface area contributed by atoms with Crippen molar-refractivity contribution < 1.29 is 5.11 Å². The normalized spacial score (nSPS) is 9.56. The molecule has 3 heteroatoms. The molecule has 0 saturated heterocycles. The van der Waals surface area contributed by atoms with Crippen LogP contribution in [0.2, 0.25) is 5.02 Å². The number of thiol groups is 1. The second-order valence-corrected chi connectivity index (χ2v) is 2.62. The number of rotatable bonds is 0. The Bertz CT molecular complexity index is 174. The van der Waals surface area contributed by atoms with E-state index in [1.807, 2.05) is 0 Å². The van der Waals surface area contributed by atoms with Crippen LogP contribution in [0.3, 0.4) is 0 Å². The van der Waals surface area contributed by atoms with Gasteiger partial charge in [0.1, 0.15) is 5.75 Å². The van der Waals surface area contributed by atoms with E-state index >= 15 is 0 Å². The SMILES string of the molecule is Oc1cc(S)cc(Cl)c1. The van der Waals surface area contributed by atoms with E-state index < -0.39 is 0 Å². The molecule has 0 aromatic heterocycles. The van der Waals surface area contributed by atoms with E-state index in [0.717, 1.165) is 0 Å². The van der Waals surface area contributed by atoms with Gasteiger partial charge < -0.3 is 5.11 Å². The lowest BCUT2D eigenvalue weighted by molar-refractivity contribution is 0.474. The Morgan fingerprint density at radius 1 is 1.33 bits per heavy atom. The van der Waals surface area contributed by atoms with Crippen molar-refractivity contribution in [3.05, 3.63) is 23.2 Å². The minimum Gasteiger partial charge on any atom is -0.508 e. The van der Waals surface area contributed by atoms with Crippen LogP contribution in [0.1, 0.15) is 0 Å². The molecule has 0 aliphatic carbocycles. The van der Waals surface area contributed by atoms with E-state index in [1.54, 1.807) is 6.07 Å². The summed E-state index contributed by atoms with van der Waals surface area (Å²) in [6, 6.07) is 4.64. The van der Waals surface area contributed by atoms with Crippen molar-refractivity contribution in [3.63, 3.8) is 0 Å². The average molecular weight is 161 g/mol. The van der Waals surface area contributed by atoms with Crippen molar-refractivity contribution in [1.29, 1.82) is 0 Å². The molecule has 1 nitrogen and oxygen atoms in total. The van der Waals surface area contributed by atoms with Crippen molar-refractivity contribution in [2.45, 2.75) is 4.90 Å². The molecule has 1 aromatic rings. The van der Waals surface area contributed by atoms with Crippen LogP contribution in [0.5, 0.6) is 5.75 Å². The molecule has 1 rings (SSSR count). The van der Waals surface area contributed by atoms with Gasteiger partial charge in [-0.3, -0.25) is 0 Å². The smallest absolute Gasteiger partial charge is 0.118 e. The standard InChI is InChI=1S/C6H5ClOS/c7-4-1-5(8)3-6(9)2-4/h1-3,8-9H. The number of hydrogen-bond acceptors (Lipinski definition) is 2. The Kier molecular flexibility index (Phi) is 1.88. The van der Waals surface area contributed by atoms with Crippen LogP contribution >= 0.6 is 24.2 Å². The lowest BCUT2D eigenvalue weighted by atomic mass is 10.3. The zero-order valence-corrected chi connectivity index (χ0v) is 6.15. The molecule has 9 heavy (non-hydrogen) atoms. The van der Waals surface area contributed by atoms with Gasteiger partial charge in [0.2, 0.25) is 0 Å². The number of phenols is 1. The van der Waals surface area contributed by atoms with E-state index in [4.69, 9.17) is 16.7 Å². The molecule has 48 valence electrons. The second-order valence-electron chi connectivity index (χ2n) is 1.67. The maximum atomic E-state index is 8.86. The summed E-state index contributed by atoms with van der Waals surface area (Å²) in [6.45, 7) is 0. The molecule has 0 spiro atoms. The monoisotopic (exact) mass is 160 g/mol. The molecule has 0 amide bonds. The number of halogens is 1. The predicted molar refractivity (Wildman–Crippen MR) is 40.4 cm³/mol. The van der Waals surface area contributed by atoms with Gasteiger partial charge in [-0.15, -0.1) is 12.6 Å². The molecular formula is C6H5ClOS. The quantitative estimate of drug-likeness (QED) is 0.559. The van der Waals surface area contributed by atoms with Gasteiger partial charge in [0.05, 0.1) is 0 Å². The molecule has 0 aliphatic rings. The van der Waals surface area contributed by atoms with Crippen LogP contribution in [0.15, 0.2) is 23.1 Å². The van der Waals surface area contributed by atoms with Crippen LogP contribution in [0, 0.1) is 0 Å². The van der Waals surface area contributed by atoms with Crippen LogP contribution in [-0.2, 0) is 0 Å². The van der Waals surface area contributed by atoms with Crippen LogP contribution in [0.4, 0.5) is 0 Å². The molecule has 0 bridgehead atoms. The van der Waals surface area contributed by atoms with Crippen molar-refractivity contribution in [2.24, 2.45) is 0 Å². The van der Waals surface area contributed by atoms with E-state index in [9.17, 15) is 0 Å². The first-order valence-corrected chi connectivity index (χ1v) is 3.19. The maximum absolute atomic E-state index is 8.86. The molecule has 0 fully saturated rings. The summed E-state index contributed by atoms with van der Waals surface area (Å²) in [7, 11) is 0. The van der Waals surface area contributed by atoms with Gasteiger partial charge in [0.15, 0.2) is 0 Å². The minimum absolute atomic E-state index is 0.146. The molecule has 1 aromatic carbocycles. The first-order valence-electron chi connectivity index (χ1n) is 2.37. The highest BCUT2D eigenvalue weighted by Crippen LogP contribution is 2.21. The third-order valence-electron chi connectivity index (χ3n) is 0.867. The fraction of sp³-hybridized carbons (Fsp3) is 0. The summed E-state index contributed by atoms with van der Waals surface area (Å²) in [5.74, 6) is 0.146. The lowest BCUT2D eigenvalue weighted by Gasteiger charge is -1.93. The maximum Gasteiger partial charge on any atom is 0.118 e.